The van der Waals surface area contributed by atoms with E-state index in [0.717, 1.165) is 6.07 Å². The van der Waals surface area contributed by atoms with Gasteiger partial charge < -0.3 is 30.5 Å². The van der Waals surface area contributed by atoms with Gasteiger partial charge in [0.05, 0.1) is 12.2 Å². The molecule has 1 aliphatic heterocycles. The fourth-order valence-electron chi connectivity index (χ4n) is 5.17. The van der Waals surface area contributed by atoms with Gasteiger partial charge in [-0.05, 0) is 50.0 Å². The van der Waals surface area contributed by atoms with Crippen molar-refractivity contribution in [2.45, 2.75) is 64.0 Å². The van der Waals surface area contributed by atoms with Gasteiger partial charge in [0, 0.05) is 58.0 Å². The molecule has 0 aromatic heterocycles. The molecule has 1 saturated heterocycles. The normalized spacial score (nSPS) is 19.3. The van der Waals surface area contributed by atoms with Gasteiger partial charge in [-0.15, -0.1) is 0 Å². The Kier molecular flexibility index (Phi) is 11.3. The van der Waals surface area contributed by atoms with Gasteiger partial charge in [-0.1, -0.05) is 26.0 Å². The summed E-state index contributed by atoms with van der Waals surface area (Å²) in [6, 6.07) is 3.40. The number of carbonyl (C=O) groups is 1. The van der Waals surface area contributed by atoms with Crippen LogP contribution in [-0.4, -0.2) is 69.1 Å². The highest BCUT2D eigenvalue weighted by Gasteiger charge is 2.43. The maximum Gasteiger partial charge on any atom is 0.317 e. The first-order valence-electron chi connectivity index (χ1n) is 12.5. The molecule has 1 aromatic carbocycles. The Balaban J connectivity index is 2.19. The number of likely N-dealkylation sites (tertiary alicyclic amines) is 1. The van der Waals surface area contributed by atoms with Crippen LogP contribution in [0.4, 0.5) is 13.6 Å². The molecule has 1 aromatic rings. The second-order valence-electron chi connectivity index (χ2n) is 10.4. The second-order valence-corrected chi connectivity index (χ2v) is 10.4. The van der Waals surface area contributed by atoms with Gasteiger partial charge in [0.1, 0.15) is 0 Å². The predicted octanol–water partition coefficient (Wildman–Crippen LogP) is 3.78. The maximum absolute atomic E-state index is 14.8. The van der Waals surface area contributed by atoms with E-state index in [4.69, 9.17) is 15.2 Å². The summed E-state index contributed by atoms with van der Waals surface area (Å²) in [5, 5.41) is 14.8. The summed E-state index contributed by atoms with van der Waals surface area (Å²) in [6.45, 7) is 6.21. The van der Waals surface area contributed by atoms with E-state index in [1.165, 1.54) is 12.1 Å². The molecule has 1 unspecified atom stereocenters. The number of rotatable bonds is 13. The highest BCUT2D eigenvalue weighted by Crippen LogP contribution is 2.41. The van der Waals surface area contributed by atoms with Crippen LogP contribution in [0.15, 0.2) is 18.2 Å². The summed E-state index contributed by atoms with van der Waals surface area (Å²) in [4.78, 5) is 14.8. The molecule has 4 N–H and O–H groups in total. The summed E-state index contributed by atoms with van der Waals surface area (Å²) in [6.07, 6.45) is 3.40. The third-order valence-corrected chi connectivity index (χ3v) is 6.90. The standard InChI is InChI=1S/C26H43F2N3O4/c1-25(2,18-35-4)15-20(16-29)30-24(32)31-13-8-9-19(17-31)26(33,12-5-6-14-34-3)21-10-7-11-22(27)23(21)28/h7,10-11,19-20,33H,5-6,8-9,12-18,29H2,1-4H3,(H,30,32)/t19-,20?,26+/m1/s1. The number of nitrogens with one attached hydrogen (secondary N) is 1. The quantitative estimate of drug-likeness (QED) is 0.359. The zero-order valence-electron chi connectivity index (χ0n) is 21.6. The van der Waals surface area contributed by atoms with Gasteiger partial charge in [0.25, 0.3) is 0 Å². The molecule has 0 saturated carbocycles. The molecule has 35 heavy (non-hydrogen) atoms. The predicted molar refractivity (Wildman–Crippen MR) is 132 cm³/mol. The fourth-order valence-corrected chi connectivity index (χ4v) is 5.17. The highest BCUT2D eigenvalue weighted by molar-refractivity contribution is 5.74. The summed E-state index contributed by atoms with van der Waals surface area (Å²) in [5.74, 6) is -2.47. The molecule has 0 radical (unpaired) electrons. The summed E-state index contributed by atoms with van der Waals surface area (Å²) < 4.78 is 39.3. The number of nitrogens with zero attached hydrogens (tertiary/aromatic N) is 1. The lowest BCUT2D eigenvalue weighted by molar-refractivity contribution is -0.0592. The Morgan fingerprint density at radius 2 is 2.03 bits per heavy atom. The van der Waals surface area contributed by atoms with E-state index in [9.17, 15) is 18.7 Å². The largest absolute Gasteiger partial charge is 0.385 e. The lowest BCUT2D eigenvalue weighted by atomic mass is 9.74. The van der Waals surface area contributed by atoms with Crippen molar-refractivity contribution in [1.82, 2.24) is 10.2 Å². The summed E-state index contributed by atoms with van der Waals surface area (Å²) in [7, 11) is 3.24. The number of amides is 2. The molecule has 7 nitrogen and oxygen atoms in total. The molecule has 1 fully saturated rings. The van der Waals surface area contributed by atoms with Crippen molar-refractivity contribution in [3.8, 4) is 0 Å². The van der Waals surface area contributed by atoms with Gasteiger partial charge in [-0.25, -0.2) is 13.6 Å². The number of benzene rings is 1. The molecule has 2 rings (SSSR count). The van der Waals surface area contributed by atoms with Crippen LogP contribution in [-0.2, 0) is 15.1 Å². The monoisotopic (exact) mass is 499 g/mol. The van der Waals surface area contributed by atoms with E-state index in [0.29, 0.717) is 51.9 Å². The zero-order valence-corrected chi connectivity index (χ0v) is 21.6. The SMILES string of the molecule is COCCCC[C@@](O)(c1cccc(F)c1F)[C@@H]1CCCN(C(=O)NC(CN)CC(C)(C)COC)C1. The minimum absolute atomic E-state index is 0.0525. The van der Waals surface area contributed by atoms with Crippen LogP contribution in [0.3, 0.4) is 0 Å². The molecule has 1 aliphatic rings. The number of piperidine rings is 1. The molecule has 0 spiro atoms. The Morgan fingerprint density at radius 3 is 2.69 bits per heavy atom. The Labute approximate surface area is 208 Å². The van der Waals surface area contributed by atoms with Crippen molar-refractivity contribution in [3.05, 3.63) is 35.4 Å². The van der Waals surface area contributed by atoms with Crippen LogP contribution >= 0.6 is 0 Å². The summed E-state index contributed by atoms with van der Waals surface area (Å²) >= 11 is 0. The number of methoxy groups -OCH3 is 2. The average molecular weight is 500 g/mol. The third-order valence-electron chi connectivity index (χ3n) is 6.90. The number of aliphatic hydroxyl groups is 1. The second kappa shape index (κ2) is 13.5. The smallest absolute Gasteiger partial charge is 0.317 e. The van der Waals surface area contributed by atoms with E-state index in [-0.39, 0.29) is 42.6 Å². The molecular formula is C26H43F2N3O4. The number of hydrogen-bond acceptors (Lipinski definition) is 5. The minimum atomic E-state index is -1.60. The average Bonchev–Trinajstić information content (AvgIpc) is 2.82. The van der Waals surface area contributed by atoms with Crippen LogP contribution < -0.4 is 11.1 Å². The van der Waals surface area contributed by atoms with Crippen molar-refractivity contribution >= 4 is 6.03 Å². The van der Waals surface area contributed by atoms with E-state index in [1.807, 2.05) is 0 Å². The molecule has 9 heteroatoms. The van der Waals surface area contributed by atoms with Crippen LogP contribution in [0, 0.1) is 23.0 Å². The van der Waals surface area contributed by atoms with Crippen LogP contribution in [0.25, 0.3) is 0 Å². The van der Waals surface area contributed by atoms with E-state index >= 15 is 0 Å². The van der Waals surface area contributed by atoms with E-state index < -0.39 is 23.2 Å². The number of urea groups is 1. The topological polar surface area (TPSA) is 97.1 Å². The molecule has 0 bridgehead atoms. The van der Waals surface area contributed by atoms with Crippen molar-refractivity contribution < 1.29 is 28.2 Å². The number of ether oxygens (including phenoxy) is 2. The number of unbranched alkanes of at least 4 members (excludes halogenated alkanes) is 1. The van der Waals surface area contributed by atoms with Crippen molar-refractivity contribution in [1.29, 1.82) is 0 Å². The lowest BCUT2D eigenvalue weighted by Crippen LogP contribution is -2.54. The van der Waals surface area contributed by atoms with E-state index in [2.05, 4.69) is 19.2 Å². The zero-order chi connectivity index (χ0) is 26.1. The van der Waals surface area contributed by atoms with Gasteiger partial charge in [-0.2, -0.15) is 0 Å². The molecule has 200 valence electrons. The Bertz CT molecular complexity index is 811. The van der Waals surface area contributed by atoms with Crippen molar-refractivity contribution in [2.75, 3.05) is 47.1 Å². The lowest BCUT2D eigenvalue weighted by Gasteiger charge is -2.43. The first kappa shape index (κ1) is 29.4. The van der Waals surface area contributed by atoms with Gasteiger partial charge in [0.15, 0.2) is 11.6 Å². The van der Waals surface area contributed by atoms with Crippen molar-refractivity contribution in [3.63, 3.8) is 0 Å². The molecule has 2 amide bonds. The fraction of sp³-hybridized carbons (Fsp3) is 0.731. The van der Waals surface area contributed by atoms with Crippen LogP contribution in [0.1, 0.15) is 57.9 Å². The molecule has 1 heterocycles. The third kappa shape index (κ3) is 8.10. The van der Waals surface area contributed by atoms with Crippen molar-refractivity contribution in [2.24, 2.45) is 17.1 Å². The highest BCUT2D eigenvalue weighted by atomic mass is 19.2. The van der Waals surface area contributed by atoms with Gasteiger partial charge in [0.2, 0.25) is 0 Å². The Hall–Kier alpha value is -1.81. The molecule has 3 atom stereocenters. The van der Waals surface area contributed by atoms with Gasteiger partial charge in [-0.3, -0.25) is 0 Å². The number of hydrogen-bond donors (Lipinski definition) is 3. The van der Waals surface area contributed by atoms with E-state index in [1.54, 1.807) is 19.1 Å². The van der Waals surface area contributed by atoms with Crippen LogP contribution in [0.2, 0.25) is 0 Å². The van der Waals surface area contributed by atoms with Gasteiger partial charge >= 0.3 is 6.03 Å². The van der Waals surface area contributed by atoms with Crippen LogP contribution in [0.5, 0.6) is 0 Å². The Morgan fingerprint density at radius 1 is 1.29 bits per heavy atom. The summed E-state index contributed by atoms with van der Waals surface area (Å²) in [5.41, 5.74) is 4.12. The first-order valence-corrected chi connectivity index (χ1v) is 12.5. The number of nitrogens with two attached hydrogens (primary N) is 1. The molecular weight excluding hydrogens is 456 g/mol. The number of carbonyl (C=O) groups excluding carboxylic acids is 1. The number of halogens is 2. The first-order chi connectivity index (χ1) is 16.6. The molecule has 0 aliphatic carbocycles. The minimum Gasteiger partial charge on any atom is -0.385 e. The maximum atomic E-state index is 14.8.